The number of thioether (sulfide) groups is 2. The van der Waals surface area contributed by atoms with Crippen molar-refractivity contribution in [1.82, 2.24) is 0 Å². The first-order valence-electron chi connectivity index (χ1n) is 3.85. The quantitative estimate of drug-likeness (QED) is 0.682. The molecular formula is C9H9FS2. The Hall–Kier alpha value is -0.150. The molecular weight excluding hydrogens is 191 g/mol. The van der Waals surface area contributed by atoms with Crippen LogP contribution in [0.1, 0.15) is 10.1 Å². The SMILES string of the molecule is Fc1cccc(C2SCCS2)c1. The van der Waals surface area contributed by atoms with E-state index in [2.05, 4.69) is 0 Å². The van der Waals surface area contributed by atoms with Gasteiger partial charge in [0.05, 0.1) is 4.58 Å². The summed E-state index contributed by atoms with van der Waals surface area (Å²) >= 11 is 3.80. The molecule has 1 aromatic rings. The monoisotopic (exact) mass is 200 g/mol. The van der Waals surface area contributed by atoms with E-state index < -0.39 is 0 Å². The summed E-state index contributed by atoms with van der Waals surface area (Å²) < 4.78 is 13.3. The number of hydrogen-bond acceptors (Lipinski definition) is 2. The van der Waals surface area contributed by atoms with Gasteiger partial charge in [0.1, 0.15) is 5.82 Å². The van der Waals surface area contributed by atoms with Crippen molar-refractivity contribution in [2.24, 2.45) is 0 Å². The molecule has 0 bridgehead atoms. The molecule has 0 unspecified atom stereocenters. The Morgan fingerprint density at radius 3 is 2.67 bits per heavy atom. The fraction of sp³-hybridized carbons (Fsp3) is 0.333. The maximum absolute atomic E-state index is 12.8. The van der Waals surface area contributed by atoms with Gasteiger partial charge in [0.25, 0.3) is 0 Å². The van der Waals surface area contributed by atoms with E-state index in [9.17, 15) is 4.39 Å². The molecule has 3 heteroatoms. The zero-order valence-electron chi connectivity index (χ0n) is 6.50. The van der Waals surface area contributed by atoms with Gasteiger partial charge in [0.2, 0.25) is 0 Å². The predicted octanol–water partition coefficient (Wildman–Crippen LogP) is 3.30. The highest BCUT2D eigenvalue weighted by molar-refractivity contribution is 8.19. The maximum atomic E-state index is 12.8. The highest BCUT2D eigenvalue weighted by atomic mass is 32.2. The minimum atomic E-state index is -0.124. The number of halogens is 1. The van der Waals surface area contributed by atoms with Crippen molar-refractivity contribution in [1.29, 1.82) is 0 Å². The average molecular weight is 200 g/mol. The minimum Gasteiger partial charge on any atom is -0.207 e. The molecule has 0 amide bonds. The normalized spacial score (nSPS) is 18.4. The summed E-state index contributed by atoms with van der Waals surface area (Å²) in [6, 6.07) is 6.91. The second-order valence-electron chi connectivity index (χ2n) is 2.63. The van der Waals surface area contributed by atoms with Gasteiger partial charge in [-0.3, -0.25) is 0 Å². The molecule has 1 heterocycles. The first-order valence-corrected chi connectivity index (χ1v) is 5.95. The number of benzene rings is 1. The highest BCUT2D eigenvalue weighted by Crippen LogP contribution is 2.45. The molecule has 12 heavy (non-hydrogen) atoms. The van der Waals surface area contributed by atoms with Crippen LogP contribution in [0.3, 0.4) is 0 Å². The zero-order valence-corrected chi connectivity index (χ0v) is 8.13. The third-order valence-electron chi connectivity index (χ3n) is 1.74. The van der Waals surface area contributed by atoms with E-state index in [1.807, 2.05) is 29.6 Å². The van der Waals surface area contributed by atoms with Crippen molar-refractivity contribution >= 4 is 23.5 Å². The summed E-state index contributed by atoms with van der Waals surface area (Å²) in [6.07, 6.45) is 0. The molecule has 1 aromatic carbocycles. The van der Waals surface area contributed by atoms with Crippen molar-refractivity contribution < 1.29 is 4.39 Å². The molecule has 1 saturated heterocycles. The number of rotatable bonds is 1. The lowest BCUT2D eigenvalue weighted by atomic mass is 10.2. The Balaban J connectivity index is 2.21. The van der Waals surface area contributed by atoms with E-state index >= 15 is 0 Å². The molecule has 1 fully saturated rings. The van der Waals surface area contributed by atoms with Crippen molar-refractivity contribution in [2.75, 3.05) is 11.5 Å². The molecule has 64 valence electrons. The van der Waals surface area contributed by atoms with Crippen LogP contribution in [-0.4, -0.2) is 11.5 Å². The van der Waals surface area contributed by atoms with E-state index in [0.717, 1.165) is 5.56 Å². The van der Waals surface area contributed by atoms with E-state index in [1.165, 1.54) is 17.6 Å². The van der Waals surface area contributed by atoms with Crippen molar-refractivity contribution in [2.45, 2.75) is 4.58 Å². The summed E-state index contributed by atoms with van der Waals surface area (Å²) in [4.78, 5) is 0. The molecule has 0 spiro atoms. The van der Waals surface area contributed by atoms with Crippen LogP contribution in [0.2, 0.25) is 0 Å². The van der Waals surface area contributed by atoms with Crippen LogP contribution in [0.25, 0.3) is 0 Å². The van der Waals surface area contributed by atoms with Crippen LogP contribution in [0.5, 0.6) is 0 Å². The van der Waals surface area contributed by atoms with E-state index in [1.54, 1.807) is 12.1 Å². The lowest BCUT2D eigenvalue weighted by Gasteiger charge is -2.06. The average Bonchev–Trinajstić information content (AvgIpc) is 2.56. The summed E-state index contributed by atoms with van der Waals surface area (Å²) in [5, 5.41) is 0. The van der Waals surface area contributed by atoms with Crippen molar-refractivity contribution in [3.63, 3.8) is 0 Å². The fourth-order valence-electron chi connectivity index (χ4n) is 1.20. The van der Waals surface area contributed by atoms with Gasteiger partial charge in [-0.15, -0.1) is 23.5 Å². The standard InChI is InChI=1S/C9H9FS2/c10-8-3-1-2-7(6-8)9-11-4-5-12-9/h1-3,6,9H,4-5H2. The van der Waals surface area contributed by atoms with Gasteiger partial charge in [0, 0.05) is 11.5 Å². The minimum absolute atomic E-state index is 0.124. The molecule has 0 atom stereocenters. The fourth-order valence-corrected chi connectivity index (χ4v) is 4.04. The van der Waals surface area contributed by atoms with Gasteiger partial charge >= 0.3 is 0 Å². The van der Waals surface area contributed by atoms with Gasteiger partial charge in [0.15, 0.2) is 0 Å². The van der Waals surface area contributed by atoms with Crippen LogP contribution in [0.4, 0.5) is 4.39 Å². The molecule has 0 N–H and O–H groups in total. The Bertz CT molecular complexity index is 269. The van der Waals surface area contributed by atoms with Crippen LogP contribution >= 0.6 is 23.5 Å². The number of hydrogen-bond donors (Lipinski definition) is 0. The third-order valence-corrected chi connectivity index (χ3v) is 4.85. The Morgan fingerprint density at radius 1 is 1.25 bits per heavy atom. The Morgan fingerprint density at radius 2 is 2.00 bits per heavy atom. The Labute approximate surface area is 79.9 Å². The molecule has 0 radical (unpaired) electrons. The summed E-state index contributed by atoms with van der Waals surface area (Å²) in [7, 11) is 0. The highest BCUT2D eigenvalue weighted by Gasteiger charge is 2.17. The van der Waals surface area contributed by atoms with Crippen molar-refractivity contribution in [3.05, 3.63) is 35.6 Å². The van der Waals surface area contributed by atoms with E-state index in [4.69, 9.17) is 0 Å². The van der Waals surface area contributed by atoms with E-state index in [0.29, 0.717) is 4.58 Å². The summed E-state index contributed by atoms with van der Waals surface area (Å²) in [5.74, 6) is 2.25. The molecule has 0 nitrogen and oxygen atoms in total. The molecule has 2 rings (SSSR count). The van der Waals surface area contributed by atoms with Crippen LogP contribution in [-0.2, 0) is 0 Å². The van der Waals surface area contributed by atoms with Crippen molar-refractivity contribution in [3.8, 4) is 0 Å². The summed E-state index contributed by atoms with van der Waals surface area (Å²) in [5.41, 5.74) is 1.11. The largest absolute Gasteiger partial charge is 0.207 e. The molecule has 1 aliphatic rings. The molecule has 0 aliphatic carbocycles. The first kappa shape index (κ1) is 8.45. The summed E-state index contributed by atoms with van der Waals surface area (Å²) in [6.45, 7) is 0. The second kappa shape index (κ2) is 3.71. The molecule has 1 aliphatic heterocycles. The molecule has 0 aromatic heterocycles. The predicted molar refractivity (Wildman–Crippen MR) is 54.1 cm³/mol. The Kier molecular flexibility index (Phi) is 2.61. The third kappa shape index (κ3) is 1.77. The van der Waals surface area contributed by atoms with Gasteiger partial charge in [-0.05, 0) is 17.7 Å². The van der Waals surface area contributed by atoms with Crippen LogP contribution in [0.15, 0.2) is 24.3 Å². The maximum Gasteiger partial charge on any atom is 0.123 e. The lowest BCUT2D eigenvalue weighted by molar-refractivity contribution is 0.626. The second-order valence-corrected chi connectivity index (χ2v) is 5.35. The van der Waals surface area contributed by atoms with Crippen LogP contribution in [0, 0.1) is 5.82 Å². The van der Waals surface area contributed by atoms with Crippen LogP contribution < -0.4 is 0 Å². The lowest BCUT2D eigenvalue weighted by Crippen LogP contribution is -1.85. The van der Waals surface area contributed by atoms with Gasteiger partial charge in [-0.25, -0.2) is 4.39 Å². The van der Waals surface area contributed by atoms with Gasteiger partial charge in [-0.2, -0.15) is 0 Å². The first-order chi connectivity index (χ1) is 5.86. The zero-order chi connectivity index (χ0) is 8.39. The van der Waals surface area contributed by atoms with E-state index in [-0.39, 0.29) is 5.82 Å². The molecule has 0 saturated carbocycles. The topological polar surface area (TPSA) is 0 Å². The smallest absolute Gasteiger partial charge is 0.123 e. The van der Waals surface area contributed by atoms with Gasteiger partial charge < -0.3 is 0 Å². The van der Waals surface area contributed by atoms with Gasteiger partial charge in [-0.1, -0.05) is 12.1 Å².